The summed E-state index contributed by atoms with van der Waals surface area (Å²) in [6, 6.07) is 31.3. The van der Waals surface area contributed by atoms with E-state index in [9.17, 15) is 18.0 Å². The van der Waals surface area contributed by atoms with E-state index in [-0.39, 0.29) is 24.6 Å². The van der Waals surface area contributed by atoms with Gasteiger partial charge in [0.25, 0.3) is 0 Å². The van der Waals surface area contributed by atoms with Crippen LogP contribution in [0.1, 0.15) is 11.1 Å². The quantitative estimate of drug-likeness (QED) is 0.240. The second-order valence-electron chi connectivity index (χ2n) is 9.87. The Morgan fingerprint density at radius 2 is 1.37 bits per heavy atom. The van der Waals surface area contributed by atoms with Crippen LogP contribution < -0.4 is 19.1 Å². The summed E-state index contributed by atoms with van der Waals surface area (Å²) in [4.78, 5) is 28.7. The van der Waals surface area contributed by atoms with Crippen LogP contribution in [0, 0.1) is 0 Å². The molecule has 0 fully saturated rings. The van der Waals surface area contributed by atoms with Crippen molar-refractivity contribution in [3.63, 3.8) is 0 Å². The molecule has 0 saturated carbocycles. The number of sulfonamides is 1. The number of para-hydroxylation sites is 1. The third kappa shape index (κ3) is 8.59. The number of amides is 2. The van der Waals surface area contributed by atoms with Crippen LogP contribution in [0.2, 0.25) is 0 Å². The van der Waals surface area contributed by atoms with E-state index in [4.69, 9.17) is 9.47 Å². The van der Waals surface area contributed by atoms with Crippen LogP contribution in [0.25, 0.3) is 0 Å². The number of rotatable bonds is 13. The Hall–Kier alpha value is -4.83. The maximum Gasteiger partial charge on any atom is 0.244 e. The van der Waals surface area contributed by atoms with Crippen molar-refractivity contribution in [3.05, 3.63) is 120 Å². The summed E-state index contributed by atoms with van der Waals surface area (Å²) in [7, 11) is -0.831. The van der Waals surface area contributed by atoms with Gasteiger partial charge in [-0.3, -0.25) is 13.9 Å². The highest BCUT2D eigenvalue weighted by molar-refractivity contribution is 7.92. The molecule has 0 aliphatic heterocycles. The summed E-state index contributed by atoms with van der Waals surface area (Å²) in [6.07, 6.45) is 1.28. The number of hydrogen-bond acceptors (Lipinski definition) is 6. The monoisotopic (exact) mass is 601 g/mol. The Bertz CT molecular complexity index is 1610. The largest absolute Gasteiger partial charge is 0.497 e. The van der Waals surface area contributed by atoms with E-state index in [0.717, 1.165) is 21.7 Å². The fourth-order valence-electron chi connectivity index (χ4n) is 4.61. The van der Waals surface area contributed by atoms with Gasteiger partial charge in [0.2, 0.25) is 21.8 Å². The van der Waals surface area contributed by atoms with Crippen LogP contribution >= 0.6 is 0 Å². The molecule has 0 aliphatic carbocycles. The molecular weight excluding hydrogens is 566 g/mol. The molecule has 0 aliphatic rings. The summed E-state index contributed by atoms with van der Waals surface area (Å²) in [6.45, 7) is -0.452. The van der Waals surface area contributed by atoms with Crippen LogP contribution in [0.4, 0.5) is 5.69 Å². The first-order chi connectivity index (χ1) is 20.7. The molecule has 0 radical (unpaired) electrons. The smallest absolute Gasteiger partial charge is 0.244 e. The molecule has 2 amide bonds. The third-order valence-corrected chi connectivity index (χ3v) is 7.93. The van der Waals surface area contributed by atoms with Gasteiger partial charge in [-0.2, -0.15) is 0 Å². The number of hydrogen-bond donors (Lipinski definition) is 1. The Morgan fingerprint density at radius 1 is 0.791 bits per heavy atom. The minimum absolute atomic E-state index is 0.0579. The van der Waals surface area contributed by atoms with Gasteiger partial charge in [-0.15, -0.1) is 0 Å². The molecule has 1 unspecified atom stereocenters. The van der Waals surface area contributed by atoms with Gasteiger partial charge in [-0.25, -0.2) is 8.42 Å². The topological polar surface area (TPSA) is 105 Å². The second-order valence-corrected chi connectivity index (χ2v) is 11.8. The Labute approximate surface area is 252 Å². The number of nitrogens with one attached hydrogen (secondary N) is 1. The summed E-state index contributed by atoms with van der Waals surface area (Å²) >= 11 is 0. The number of methoxy groups -OCH3 is 1. The Balaban J connectivity index is 1.66. The molecule has 4 aromatic carbocycles. The normalized spacial score (nSPS) is 11.7. The molecule has 9 nitrogen and oxygen atoms in total. The van der Waals surface area contributed by atoms with Crippen molar-refractivity contribution in [3.8, 4) is 17.2 Å². The van der Waals surface area contributed by atoms with Crippen molar-refractivity contribution in [1.29, 1.82) is 0 Å². The van der Waals surface area contributed by atoms with Crippen LogP contribution in [-0.2, 0) is 32.6 Å². The maximum atomic E-state index is 14.1. The van der Waals surface area contributed by atoms with Gasteiger partial charge in [0.15, 0.2) is 0 Å². The first-order valence-corrected chi connectivity index (χ1v) is 15.5. The lowest BCUT2D eigenvalue weighted by Gasteiger charge is -2.33. The maximum absolute atomic E-state index is 14.1. The molecule has 0 spiro atoms. The van der Waals surface area contributed by atoms with Gasteiger partial charge in [0, 0.05) is 20.0 Å². The fourth-order valence-corrected chi connectivity index (χ4v) is 5.46. The first-order valence-electron chi connectivity index (χ1n) is 13.7. The van der Waals surface area contributed by atoms with E-state index in [1.165, 1.54) is 11.9 Å². The number of benzene rings is 4. The lowest BCUT2D eigenvalue weighted by atomic mass is 10.0. The highest BCUT2D eigenvalue weighted by Gasteiger charge is 2.32. The van der Waals surface area contributed by atoms with Crippen molar-refractivity contribution < 1.29 is 27.5 Å². The van der Waals surface area contributed by atoms with Crippen LogP contribution in [-0.4, -0.2) is 58.1 Å². The van der Waals surface area contributed by atoms with Gasteiger partial charge in [-0.1, -0.05) is 60.7 Å². The molecule has 4 rings (SSSR count). The van der Waals surface area contributed by atoms with Crippen molar-refractivity contribution in [2.24, 2.45) is 0 Å². The van der Waals surface area contributed by atoms with Gasteiger partial charge < -0.3 is 19.7 Å². The lowest BCUT2D eigenvalue weighted by Crippen LogP contribution is -2.52. The third-order valence-electron chi connectivity index (χ3n) is 6.79. The highest BCUT2D eigenvalue weighted by atomic mass is 32.2. The molecular formula is C33H35N3O6S. The molecule has 0 aromatic heterocycles. The summed E-state index contributed by atoms with van der Waals surface area (Å²) in [5.41, 5.74) is 1.87. The standard InChI is InChI=1S/C33H35N3O6S/c1-34-33(38)31(22-25-11-6-4-7-12-25)35(23-26-13-10-16-30(21-26)41-2)32(37)24-36(43(3,39)40)27-17-19-29(20-18-27)42-28-14-8-5-9-15-28/h4-21,31H,22-24H2,1-3H3,(H,34,38). The van der Waals surface area contributed by atoms with Gasteiger partial charge >= 0.3 is 0 Å². The molecule has 0 heterocycles. The lowest BCUT2D eigenvalue weighted by molar-refractivity contribution is -0.139. The second kappa shape index (κ2) is 14.4. The molecule has 0 saturated heterocycles. The molecule has 43 heavy (non-hydrogen) atoms. The van der Waals surface area contributed by atoms with Gasteiger partial charge in [0.05, 0.1) is 19.1 Å². The zero-order valence-electron chi connectivity index (χ0n) is 24.3. The first kappa shape index (κ1) is 31.1. The predicted octanol–water partition coefficient (Wildman–Crippen LogP) is 4.64. The predicted molar refractivity (Wildman–Crippen MR) is 167 cm³/mol. The minimum Gasteiger partial charge on any atom is -0.497 e. The molecule has 1 N–H and O–H groups in total. The van der Waals surface area contributed by atoms with Gasteiger partial charge in [-0.05, 0) is 59.7 Å². The molecule has 1 atom stereocenters. The van der Waals surface area contributed by atoms with E-state index in [2.05, 4.69) is 5.32 Å². The van der Waals surface area contributed by atoms with Crippen molar-refractivity contribution in [2.45, 2.75) is 19.0 Å². The number of anilines is 1. The summed E-state index contributed by atoms with van der Waals surface area (Å²) in [5.74, 6) is 0.838. The highest BCUT2D eigenvalue weighted by Crippen LogP contribution is 2.26. The number of carbonyl (C=O) groups excluding carboxylic acids is 2. The number of nitrogens with zero attached hydrogens (tertiary/aromatic N) is 2. The average Bonchev–Trinajstić information content (AvgIpc) is 3.02. The fraction of sp³-hybridized carbons (Fsp3) is 0.212. The van der Waals surface area contributed by atoms with E-state index in [0.29, 0.717) is 17.2 Å². The van der Waals surface area contributed by atoms with Crippen LogP contribution in [0.15, 0.2) is 109 Å². The van der Waals surface area contributed by atoms with Crippen LogP contribution in [0.5, 0.6) is 17.2 Å². The summed E-state index contributed by atoms with van der Waals surface area (Å²) < 4.78 is 38.2. The zero-order valence-corrected chi connectivity index (χ0v) is 25.2. The minimum atomic E-state index is -3.89. The van der Waals surface area contributed by atoms with Crippen molar-refractivity contribution >= 4 is 27.5 Å². The summed E-state index contributed by atoms with van der Waals surface area (Å²) in [5, 5.41) is 2.67. The number of likely N-dealkylation sites (N-methyl/N-ethyl adjacent to an activating group) is 1. The van der Waals surface area contributed by atoms with E-state index in [1.807, 2.05) is 66.7 Å². The molecule has 0 bridgehead atoms. The van der Waals surface area contributed by atoms with E-state index >= 15 is 0 Å². The zero-order chi connectivity index (χ0) is 30.8. The SMILES string of the molecule is CNC(=O)C(Cc1ccccc1)N(Cc1cccc(OC)c1)C(=O)CN(c1ccc(Oc2ccccc2)cc1)S(C)(=O)=O. The Morgan fingerprint density at radius 3 is 1.98 bits per heavy atom. The molecule has 4 aromatic rings. The van der Waals surface area contributed by atoms with Crippen LogP contribution in [0.3, 0.4) is 0 Å². The number of ether oxygens (including phenoxy) is 2. The molecule has 224 valence electrons. The van der Waals surface area contributed by atoms with E-state index in [1.54, 1.807) is 49.6 Å². The van der Waals surface area contributed by atoms with Crippen molar-refractivity contribution in [2.75, 3.05) is 31.3 Å². The van der Waals surface area contributed by atoms with Gasteiger partial charge in [0.1, 0.15) is 29.8 Å². The molecule has 10 heteroatoms. The van der Waals surface area contributed by atoms with Crippen molar-refractivity contribution in [1.82, 2.24) is 10.2 Å². The average molecular weight is 602 g/mol. The number of carbonyl (C=O) groups is 2. The Kier molecular flexibility index (Phi) is 10.4. The van der Waals surface area contributed by atoms with E-state index < -0.39 is 28.5 Å².